The number of benzene rings is 1. The molecule has 0 aromatic heterocycles. The first-order valence-electron chi connectivity index (χ1n) is 5.71. The average molecular weight is 268 g/mol. The molecule has 0 fully saturated rings. The molecular formula is C13H17FN2O3. The molecular weight excluding hydrogens is 251 g/mol. The van der Waals surface area contributed by atoms with Gasteiger partial charge in [-0.15, -0.1) is 0 Å². The van der Waals surface area contributed by atoms with E-state index in [0.29, 0.717) is 0 Å². The Morgan fingerprint density at radius 1 is 1.42 bits per heavy atom. The first-order chi connectivity index (χ1) is 8.81. The fourth-order valence-electron chi connectivity index (χ4n) is 1.29. The van der Waals surface area contributed by atoms with Gasteiger partial charge < -0.3 is 15.8 Å². The van der Waals surface area contributed by atoms with Crippen LogP contribution in [-0.4, -0.2) is 25.5 Å². The minimum atomic E-state index is -0.820. The van der Waals surface area contributed by atoms with Gasteiger partial charge in [-0.05, 0) is 32.0 Å². The number of halogens is 1. The van der Waals surface area contributed by atoms with Crippen LogP contribution in [0.4, 0.5) is 10.1 Å². The van der Waals surface area contributed by atoms with Crippen molar-refractivity contribution in [3.8, 4) is 0 Å². The summed E-state index contributed by atoms with van der Waals surface area (Å²) in [5, 5.41) is 2.50. The number of hydrogen-bond acceptors (Lipinski definition) is 4. The Kier molecular flexibility index (Phi) is 4.61. The standard InChI is InChI=1S/C13H17FN2O3/c1-13(2,7-15)12(18)16-10-6-8(14)4-5-9(10)11(17)19-3/h4-6H,7,15H2,1-3H3,(H,16,18). The van der Waals surface area contributed by atoms with Crippen LogP contribution in [0, 0.1) is 11.2 Å². The van der Waals surface area contributed by atoms with Crippen LogP contribution in [0.5, 0.6) is 0 Å². The van der Waals surface area contributed by atoms with Crippen LogP contribution in [0.2, 0.25) is 0 Å². The van der Waals surface area contributed by atoms with E-state index in [1.807, 2.05) is 0 Å². The number of esters is 1. The largest absolute Gasteiger partial charge is 0.465 e. The Morgan fingerprint density at radius 3 is 2.58 bits per heavy atom. The minimum absolute atomic E-state index is 0.0679. The van der Waals surface area contributed by atoms with Crippen molar-refractivity contribution in [1.29, 1.82) is 0 Å². The van der Waals surface area contributed by atoms with Crippen molar-refractivity contribution in [2.24, 2.45) is 11.1 Å². The summed E-state index contributed by atoms with van der Waals surface area (Å²) in [5.41, 5.74) is 4.82. The molecule has 19 heavy (non-hydrogen) atoms. The number of nitrogens with one attached hydrogen (secondary N) is 1. The fourth-order valence-corrected chi connectivity index (χ4v) is 1.29. The van der Waals surface area contributed by atoms with E-state index in [9.17, 15) is 14.0 Å². The van der Waals surface area contributed by atoms with Crippen molar-refractivity contribution >= 4 is 17.6 Å². The summed E-state index contributed by atoms with van der Waals surface area (Å²) < 4.78 is 17.8. The predicted octanol–water partition coefficient (Wildman–Crippen LogP) is 1.54. The SMILES string of the molecule is COC(=O)c1ccc(F)cc1NC(=O)C(C)(C)CN. The van der Waals surface area contributed by atoms with Crippen molar-refractivity contribution in [3.05, 3.63) is 29.6 Å². The van der Waals surface area contributed by atoms with Crippen molar-refractivity contribution in [2.45, 2.75) is 13.8 Å². The molecule has 0 unspecified atom stereocenters. The molecule has 0 aliphatic carbocycles. The second-order valence-corrected chi connectivity index (χ2v) is 4.72. The van der Waals surface area contributed by atoms with E-state index >= 15 is 0 Å². The molecule has 3 N–H and O–H groups in total. The van der Waals surface area contributed by atoms with Gasteiger partial charge in [0.15, 0.2) is 0 Å². The van der Waals surface area contributed by atoms with E-state index in [-0.39, 0.29) is 17.8 Å². The van der Waals surface area contributed by atoms with Crippen LogP contribution in [0.3, 0.4) is 0 Å². The van der Waals surface area contributed by atoms with Crippen LogP contribution in [0.15, 0.2) is 18.2 Å². The molecule has 0 heterocycles. The molecule has 1 rings (SSSR count). The maximum Gasteiger partial charge on any atom is 0.339 e. The zero-order valence-electron chi connectivity index (χ0n) is 11.1. The van der Waals surface area contributed by atoms with Crippen LogP contribution < -0.4 is 11.1 Å². The van der Waals surface area contributed by atoms with Gasteiger partial charge in [0.05, 0.1) is 23.8 Å². The number of nitrogens with two attached hydrogens (primary N) is 1. The molecule has 0 radical (unpaired) electrons. The molecule has 1 aromatic carbocycles. The third-order valence-corrected chi connectivity index (χ3v) is 2.76. The zero-order chi connectivity index (χ0) is 14.6. The van der Waals surface area contributed by atoms with Crippen molar-refractivity contribution in [2.75, 3.05) is 19.0 Å². The summed E-state index contributed by atoms with van der Waals surface area (Å²) >= 11 is 0. The van der Waals surface area contributed by atoms with Crippen molar-refractivity contribution < 1.29 is 18.7 Å². The summed E-state index contributed by atoms with van der Waals surface area (Å²) in [6, 6.07) is 3.44. The molecule has 0 aliphatic heterocycles. The van der Waals surface area contributed by atoms with Crippen LogP contribution >= 0.6 is 0 Å². The number of hydrogen-bond donors (Lipinski definition) is 2. The Bertz CT molecular complexity index is 501. The predicted molar refractivity (Wildman–Crippen MR) is 69.2 cm³/mol. The first-order valence-corrected chi connectivity index (χ1v) is 5.71. The maximum absolute atomic E-state index is 13.2. The molecule has 0 atom stereocenters. The third-order valence-electron chi connectivity index (χ3n) is 2.76. The number of carbonyl (C=O) groups is 2. The lowest BCUT2D eigenvalue weighted by atomic mass is 9.92. The molecule has 104 valence electrons. The molecule has 5 nitrogen and oxygen atoms in total. The Labute approximate surface area is 110 Å². The van der Waals surface area contributed by atoms with E-state index in [1.54, 1.807) is 13.8 Å². The topological polar surface area (TPSA) is 81.4 Å². The maximum atomic E-state index is 13.2. The molecule has 0 spiro atoms. The summed E-state index contributed by atoms with van der Waals surface area (Å²) in [6.07, 6.45) is 0. The Balaban J connectivity index is 3.09. The number of anilines is 1. The molecule has 0 saturated carbocycles. The van der Waals surface area contributed by atoms with E-state index in [4.69, 9.17) is 5.73 Å². The van der Waals surface area contributed by atoms with Gasteiger partial charge in [0.25, 0.3) is 0 Å². The monoisotopic (exact) mass is 268 g/mol. The lowest BCUT2D eigenvalue weighted by Crippen LogP contribution is -2.37. The van der Waals surface area contributed by atoms with E-state index in [1.165, 1.54) is 13.2 Å². The number of amides is 1. The number of methoxy groups -OCH3 is 1. The Morgan fingerprint density at radius 2 is 2.05 bits per heavy atom. The van der Waals surface area contributed by atoms with E-state index in [0.717, 1.165) is 12.1 Å². The second-order valence-electron chi connectivity index (χ2n) is 4.72. The quantitative estimate of drug-likeness (QED) is 0.811. The zero-order valence-corrected chi connectivity index (χ0v) is 11.1. The average Bonchev–Trinajstić information content (AvgIpc) is 2.38. The highest BCUT2D eigenvalue weighted by molar-refractivity contribution is 6.02. The van der Waals surface area contributed by atoms with Gasteiger partial charge in [-0.25, -0.2) is 9.18 Å². The minimum Gasteiger partial charge on any atom is -0.465 e. The van der Waals surface area contributed by atoms with Gasteiger partial charge in [0.2, 0.25) is 5.91 Å². The van der Waals surface area contributed by atoms with Crippen molar-refractivity contribution in [1.82, 2.24) is 0 Å². The first kappa shape index (κ1) is 15.1. The molecule has 1 amide bonds. The van der Waals surface area contributed by atoms with Crippen molar-refractivity contribution in [3.63, 3.8) is 0 Å². The van der Waals surface area contributed by atoms with Gasteiger partial charge >= 0.3 is 5.97 Å². The third kappa shape index (κ3) is 3.51. The van der Waals surface area contributed by atoms with E-state index < -0.39 is 23.1 Å². The number of ether oxygens (including phenoxy) is 1. The normalized spacial score (nSPS) is 11.0. The molecule has 0 aliphatic rings. The molecule has 0 bridgehead atoms. The van der Waals surface area contributed by atoms with Gasteiger partial charge in [-0.2, -0.15) is 0 Å². The van der Waals surface area contributed by atoms with Crippen LogP contribution in [0.25, 0.3) is 0 Å². The second kappa shape index (κ2) is 5.79. The summed E-state index contributed by atoms with van der Waals surface area (Å²) in [6.45, 7) is 3.43. The number of carbonyl (C=O) groups excluding carboxylic acids is 2. The Hall–Kier alpha value is -1.95. The van der Waals surface area contributed by atoms with Gasteiger partial charge in [0.1, 0.15) is 5.82 Å². The molecule has 6 heteroatoms. The van der Waals surface area contributed by atoms with E-state index in [2.05, 4.69) is 10.1 Å². The highest BCUT2D eigenvalue weighted by Crippen LogP contribution is 2.22. The molecule has 0 saturated heterocycles. The number of rotatable bonds is 4. The van der Waals surface area contributed by atoms with Crippen LogP contribution in [-0.2, 0) is 9.53 Å². The lowest BCUT2D eigenvalue weighted by molar-refractivity contribution is -0.123. The highest BCUT2D eigenvalue weighted by Gasteiger charge is 2.27. The summed E-state index contributed by atoms with van der Waals surface area (Å²) in [4.78, 5) is 23.5. The van der Waals surface area contributed by atoms with Gasteiger partial charge in [-0.1, -0.05) is 0 Å². The lowest BCUT2D eigenvalue weighted by Gasteiger charge is -2.22. The summed E-state index contributed by atoms with van der Waals surface area (Å²) in [7, 11) is 1.21. The fraction of sp³-hybridized carbons (Fsp3) is 0.385. The molecule has 1 aromatic rings. The van der Waals surface area contributed by atoms with Gasteiger partial charge in [-0.3, -0.25) is 4.79 Å². The summed E-state index contributed by atoms with van der Waals surface area (Å²) in [5.74, 6) is -1.61. The van der Waals surface area contributed by atoms with Gasteiger partial charge in [0, 0.05) is 6.54 Å². The van der Waals surface area contributed by atoms with Crippen LogP contribution in [0.1, 0.15) is 24.2 Å². The highest BCUT2D eigenvalue weighted by atomic mass is 19.1. The smallest absolute Gasteiger partial charge is 0.339 e.